The van der Waals surface area contributed by atoms with Crippen molar-refractivity contribution in [3.63, 3.8) is 0 Å². The van der Waals surface area contributed by atoms with Crippen molar-refractivity contribution < 1.29 is 19.4 Å². The molecule has 152 valence electrons. The summed E-state index contributed by atoms with van der Waals surface area (Å²) < 4.78 is 11.7. The molecule has 4 rings (SSSR count). The molecule has 0 radical (unpaired) electrons. The topological polar surface area (TPSA) is 109 Å². The van der Waals surface area contributed by atoms with Crippen LogP contribution in [0.5, 0.6) is 17.2 Å². The molecule has 8 heteroatoms. The molecule has 3 N–H and O–H groups in total. The fourth-order valence-corrected chi connectivity index (χ4v) is 3.48. The minimum Gasteiger partial charge on any atom is -0.507 e. The zero-order chi connectivity index (χ0) is 21.4. The normalized spacial score (nSPS) is 10.9. The van der Waals surface area contributed by atoms with Crippen LogP contribution in [-0.4, -0.2) is 27.3 Å². The van der Waals surface area contributed by atoms with Gasteiger partial charge in [0, 0.05) is 16.1 Å². The second-order valence-corrected chi connectivity index (χ2v) is 7.52. The third-order valence-electron chi connectivity index (χ3n) is 4.53. The van der Waals surface area contributed by atoms with E-state index in [1.807, 2.05) is 6.07 Å². The van der Waals surface area contributed by atoms with Crippen LogP contribution < -0.4 is 10.2 Å². The van der Waals surface area contributed by atoms with Crippen LogP contribution in [0.25, 0.3) is 34.1 Å². The van der Waals surface area contributed by atoms with E-state index >= 15 is 0 Å². The molecule has 2 aromatic heterocycles. The average molecular weight is 469 g/mol. The molecular formula is C22H17BrN2O5. The highest BCUT2D eigenvalue weighted by atomic mass is 79.9. The number of hydrogen-bond donors (Lipinski definition) is 3. The lowest BCUT2D eigenvalue weighted by Gasteiger charge is -2.06. The van der Waals surface area contributed by atoms with Gasteiger partial charge in [-0.1, -0.05) is 28.1 Å². The first-order chi connectivity index (χ1) is 14.4. The van der Waals surface area contributed by atoms with Crippen LogP contribution in [0.2, 0.25) is 0 Å². The average Bonchev–Trinajstić information content (AvgIpc) is 3.17. The maximum absolute atomic E-state index is 12.1. The van der Waals surface area contributed by atoms with E-state index in [1.54, 1.807) is 44.4 Å². The quantitative estimate of drug-likeness (QED) is 0.394. The fraction of sp³-hybridized carbons (Fsp3) is 0.0909. The molecule has 0 atom stereocenters. The summed E-state index contributed by atoms with van der Waals surface area (Å²) in [7, 11) is 1.56. The van der Waals surface area contributed by atoms with Crippen molar-refractivity contribution in [1.29, 1.82) is 0 Å². The molecule has 2 aromatic carbocycles. The lowest BCUT2D eigenvalue weighted by Crippen LogP contribution is -2.01. The van der Waals surface area contributed by atoms with E-state index in [9.17, 15) is 15.0 Å². The van der Waals surface area contributed by atoms with E-state index in [-0.39, 0.29) is 11.5 Å². The predicted octanol–water partition coefficient (Wildman–Crippen LogP) is 4.85. The largest absolute Gasteiger partial charge is 0.507 e. The maximum Gasteiger partial charge on any atom is 0.227 e. The van der Waals surface area contributed by atoms with Gasteiger partial charge in [-0.05, 0) is 37.3 Å². The molecule has 0 saturated heterocycles. The summed E-state index contributed by atoms with van der Waals surface area (Å²) in [6.07, 6.45) is 0. The van der Waals surface area contributed by atoms with E-state index in [2.05, 4.69) is 25.9 Å². The number of halogens is 1. The van der Waals surface area contributed by atoms with Crippen molar-refractivity contribution in [2.24, 2.45) is 0 Å². The Hall–Kier alpha value is -3.52. The molecule has 0 aliphatic rings. The zero-order valence-electron chi connectivity index (χ0n) is 16.1. The van der Waals surface area contributed by atoms with Gasteiger partial charge >= 0.3 is 0 Å². The summed E-state index contributed by atoms with van der Waals surface area (Å²) in [5, 5.41) is 20.7. The number of aryl methyl sites for hydroxylation is 1. The molecule has 30 heavy (non-hydrogen) atoms. The van der Waals surface area contributed by atoms with E-state index in [0.29, 0.717) is 39.8 Å². The molecule has 0 unspecified atom stereocenters. The van der Waals surface area contributed by atoms with Gasteiger partial charge in [0.25, 0.3) is 0 Å². The number of rotatable bonds is 4. The Kier molecular flexibility index (Phi) is 5.09. The van der Waals surface area contributed by atoms with Crippen LogP contribution >= 0.6 is 15.9 Å². The Morgan fingerprint density at radius 2 is 1.93 bits per heavy atom. The summed E-state index contributed by atoms with van der Waals surface area (Å²) in [5.74, 6) is 0.745. The summed E-state index contributed by atoms with van der Waals surface area (Å²) in [6, 6.07) is 13.3. The third-order valence-corrected chi connectivity index (χ3v) is 5.03. The number of ether oxygens (including phenoxy) is 1. The van der Waals surface area contributed by atoms with Crippen molar-refractivity contribution >= 4 is 15.9 Å². The number of methoxy groups -OCH3 is 1. The molecule has 4 aromatic rings. The number of aromatic amines is 1. The van der Waals surface area contributed by atoms with Crippen LogP contribution in [0.4, 0.5) is 0 Å². The monoisotopic (exact) mass is 468 g/mol. The van der Waals surface area contributed by atoms with Gasteiger partial charge < -0.3 is 24.4 Å². The lowest BCUT2D eigenvalue weighted by molar-refractivity contribution is 0.415. The summed E-state index contributed by atoms with van der Waals surface area (Å²) >= 11 is 3.39. The van der Waals surface area contributed by atoms with E-state index in [0.717, 1.165) is 4.47 Å². The van der Waals surface area contributed by atoms with Crippen LogP contribution in [0.15, 0.2) is 62.2 Å². The first-order valence-electron chi connectivity index (χ1n) is 8.94. The van der Waals surface area contributed by atoms with Crippen molar-refractivity contribution in [3.05, 3.63) is 69.0 Å². The predicted molar refractivity (Wildman–Crippen MR) is 116 cm³/mol. The molecule has 0 bridgehead atoms. The number of benzene rings is 2. The summed E-state index contributed by atoms with van der Waals surface area (Å²) in [5.41, 5.74) is 1.27. The fourth-order valence-electron chi connectivity index (χ4n) is 3.12. The number of phenols is 1. The minimum absolute atomic E-state index is 0.0191. The summed E-state index contributed by atoms with van der Waals surface area (Å²) in [4.78, 5) is 19.9. The second kappa shape index (κ2) is 7.72. The van der Waals surface area contributed by atoms with Gasteiger partial charge in [-0.15, -0.1) is 0 Å². The van der Waals surface area contributed by atoms with Gasteiger partial charge in [0.05, 0.1) is 12.7 Å². The Labute approximate surface area is 179 Å². The number of hydrogen-bond acceptors (Lipinski definition) is 6. The Bertz CT molecular complexity index is 1310. The third kappa shape index (κ3) is 3.57. The molecule has 0 aliphatic heterocycles. The minimum atomic E-state index is -0.563. The Morgan fingerprint density at radius 1 is 1.13 bits per heavy atom. The van der Waals surface area contributed by atoms with Crippen molar-refractivity contribution in [3.8, 4) is 51.3 Å². The van der Waals surface area contributed by atoms with Crippen LogP contribution in [0.3, 0.4) is 0 Å². The highest BCUT2D eigenvalue weighted by Crippen LogP contribution is 2.39. The first kappa shape index (κ1) is 19.8. The number of aromatic nitrogens is 2. The molecular weight excluding hydrogens is 452 g/mol. The van der Waals surface area contributed by atoms with Crippen LogP contribution in [-0.2, 0) is 0 Å². The number of nitrogens with one attached hydrogen (secondary N) is 1. The molecule has 2 heterocycles. The lowest BCUT2D eigenvalue weighted by atomic mass is 10.1. The maximum atomic E-state index is 12.1. The first-order valence-corrected chi connectivity index (χ1v) is 9.74. The standard InChI is InChI=1S/C22H17BrN2O5/c1-11-8-17(27)20(28)21(30-11)19-18(12-4-3-5-14(9-12)29-2)24-22(25-19)15-10-13(23)6-7-16(15)26/h3-10,26,28H,1-2H3,(H,24,25). The van der Waals surface area contributed by atoms with Gasteiger partial charge in [-0.3, -0.25) is 4.79 Å². The van der Waals surface area contributed by atoms with Gasteiger partial charge in [-0.25, -0.2) is 4.98 Å². The van der Waals surface area contributed by atoms with Crippen molar-refractivity contribution in [2.45, 2.75) is 6.92 Å². The number of nitrogens with zero attached hydrogens (tertiary/aromatic N) is 1. The number of phenolic OH excluding ortho intramolecular Hbond substituents is 1. The molecule has 0 saturated carbocycles. The smallest absolute Gasteiger partial charge is 0.227 e. The van der Waals surface area contributed by atoms with Gasteiger partial charge in [0.15, 0.2) is 5.76 Å². The highest BCUT2D eigenvalue weighted by molar-refractivity contribution is 9.10. The second-order valence-electron chi connectivity index (χ2n) is 6.60. The molecule has 7 nitrogen and oxygen atoms in total. The molecule has 0 spiro atoms. The number of aromatic hydroxyl groups is 2. The SMILES string of the molecule is COc1cccc(-c2nc(-c3cc(Br)ccc3O)[nH]c2-c2oc(C)cc(=O)c2O)c1. The van der Waals surface area contributed by atoms with Crippen LogP contribution in [0, 0.1) is 6.92 Å². The molecule has 0 amide bonds. The van der Waals surface area contributed by atoms with E-state index in [1.165, 1.54) is 12.1 Å². The van der Waals surface area contributed by atoms with Crippen LogP contribution in [0.1, 0.15) is 5.76 Å². The van der Waals surface area contributed by atoms with E-state index < -0.39 is 11.2 Å². The Balaban J connectivity index is 2.02. The van der Waals surface area contributed by atoms with Crippen molar-refractivity contribution in [2.75, 3.05) is 7.11 Å². The number of imidazole rings is 1. The molecule has 0 fully saturated rings. The highest BCUT2D eigenvalue weighted by Gasteiger charge is 2.23. The van der Waals surface area contributed by atoms with Gasteiger partial charge in [0.2, 0.25) is 11.2 Å². The van der Waals surface area contributed by atoms with Gasteiger partial charge in [0.1, 0.15) is 34.5 Å². The van der Waals surface area contributed by atoms with Gasteiger partial charge in [-0.2, -0.15) is 0 Å². The van der Waals surface area contributed by atoms with E-state index in [4.69, 9.17) is 9.15 Å². The zero-order valence-corrected chi connectivity index (χ0v) is 17.6. The Morgan fingerprint density at radius 3 is 2.70 bits per heavy atom. The summed E-state index contributed by atoms with van der Waals surface area (Å²) in [6.45, 7) is 1.62. The molecule has 0 aliphatic carbocycles. The van der Waals surface area contributed by atoms with Crippen molar-refractivity contribution in [1.82, 2.24) is 9.97 Å². The number of H-pyrrole nitrogens is 1.